The molecule has 1 saturated heterocycles. The Morgan fingerprint density at radius 2 is 1.91 bits per heavy atom. The molecule has 174 valence electrons. The quantitative estimate of drug-likeness (QED) is 0.438. The van der Waals surface area contributed by atoms with E-state index >= 15 is 8.78 Å². The van der Waals surface area contributed by atoms with Gasteiger partial charge in [-0.2, -0.15) is 5.26 Å². The monoisotopic (exact) mass is 478 g/mol. The van der Waals surface area contributed by atoms with Crippen molar-refractivity contribution in [1.82, 2.24) is 4.90 Å². The molecule has 0 unspecified atom stereocenters. The lowest BCUT2D eigenvalue weighted by Crippen LogP contribution is -2.33. The number of nitrogens with two attached hydrogens (primary N) is 1. The van der Waals surface area contributed by atoms with Gasteiger partial charge in [0.1, 0.15) is 28.5 Å². The minimum Gasteiger partial charge on any atom is -0.389 e. The van der Waals surface area contributed by atoms with E-state index < -0.39 is 11.6 Å². The highest BCUT2D eigenvalue weighted by Crippen LogP contribution is 2.43. The number of rotatable bonds is 2. The second kappa shape index (κ2) is 8.82. The Labute approximate surface area is 200 Å². The van der Waals surface area contributed by atoms with Gasteiger partial charge in [-0.25, -0.2) is 13.8 Å². The predicted octanol–water partition coefficient (Wildman–Crippen LogP) is 4.38. The highest BCUT2D eigenvalue weighted by Gasteiger charge is 2.28. The number of halogens is 2. The van der Waals surface area contributed by atoms with Crippen molar-refractivity contribution in [2.24, 2.45) is 4.99 Å². The smallest absolute Gasteiger partial charge is 0.139 e. The van der Waals surface area contributed by atoms with Gasteiger partial charge in [-0.3, -0.25) is 0 Å². The first-order valence-electron chi connectivity index (χ1n) is 11.2. The molecule has 34 heavy (non-hydrogen) atoms. The van der Waals surface area contributed by atoms with Crippen LogP contribution in [0, 0.1) is 23.0 Å². The number of nitrogen functional groups attached to an aromatic ring is 1. The molecule has 5 rings (SSSR count). The highest BCUT2D eigenvalue weighted by atomic mass is 32.1. The zero-order valence-electron chi connectivity index (χ0n) is 19.0. The Hall–Kier alpha value is -3.28. The summed E-state index contributed by atoms with van der Waals surface area (Å²) in [4.78, 5) is 6.86. The van der Waals surface area contributed by atoms with E-state index in [0.717, 1.165) is 37.3 Å². The third-order valence-electron chi connectivity index (χ3n) is 6.66. The molecule has 2 aliphatic rings. The molecule has 0 saturated carbocycles. The summed E-state index contributed by atoms with van der Waals surface area (Å²) in [5.41, 5.74) is 7.78. The summed E-state index contributed by atoms with van der Waals surface area (Å²) in [5, 5.41) is 11.3. The third kappa shape index (κ3) is 3.47. The number of aliphatic imine (C=N–C) groups is 1. The molecule has 0 bridgehead atoms. The number of benzene rings is 2. The van der Waals surface area contributed by atoms with E-state index in [2.05, 4.69) is 16.0 Å². The van der Waals surface area contributed by atoms with Crippen molar-refractivity contribution in [3.63, 3.8) is 0 Å². The fourth-order valence-corrected chi connectivity index (χ4v) is 5.88. The number of hydrogen-bond donors (Lipinski definition) is 1. The largest absolute Gasteiger partial charge is 0.389 e. The highest BCUT2D eigenvalue weighted by molar-refractivity contribution is 7.23. The number of fused-ring (bicyclic) bond motifs is 2. The molecule has 1 aromatic heterocycles. The summed E-state index contributed by atoms with van der Waals surface area (Å²) in [6.07, 6.45) is 5.66. The maximum absolute atomic E-state index is 16.2. The number of thiophene rings is 1. The first-order chi connectivity index (χ1) is 16.5. The van der Waals surface area contributed by atoms with Crippen molar-refractivity contribution < 1.29 is 13.5 Å². The van der Waals surface area contributed by atoms with Crippen molar-refractivity contribution >= 4 is 44.5 Å². The van der Waals surface area contributed by atoms with E-state index in [1.54, 1.807) is 25.3 Å². The first-order valence-corrected chi connectivity index (χ1v) is 12.1. The molecular weight excluding hydrogens is 454 g/mol. The zero-order valence-corrected chi connectivity index (χ0v) is 19.9. The topological polar surface area (TPSA) is 74.6 Å². The van der Waals surface area contributed by atoms with Crippen LogP contribution in [0.2, 0.25) is 0 Å². The van der Waals surface area contributed by atoms with Crippen molar-refractivity contribution in [1.29, 1.82) is 5.26 Å². The Bertz CT molecular complexity index is 1510. The van der Waals surface area contributed by atoms with Crippen LogP contribution >= 0.6 is 11.3 Å². The molecule has 0 atom stereocenters. The second-order valence-electron chi connectivity index (χ2n) is 8.50. The predicted molar refractivity (Wildman–Crippen MR) is 133 cm³/mol. The number of nitrogens with zero attached hydrogens (tertiary/aromatic N) is 3. The molecule has 8 heteroatoms. The van der Waals surface area contributed by atoms with E-state index in [-0.39, 0.29) is 34.9 Å². The summed E-state index contributed by atoms with van der Waals surface area (Å²) in [6.45, 7) is 6.08. The first kappa shape index (κ1) is 22.5. The maximum Gasteiger partial charge on any atom is 0.139 e. The zero-order chi connectivity index (χ0) is 24.0. The van der Waals surface area contributed by atoms with Gasteiger partial charge < -0.3 is 15.4 Å². The van der Waals surface area contributed by atoms with Crippen LogP contribution in [0.4, 0.5) is 13.8 Å². The molecule has 3 heterocycles. The van der Waals surface area contributed by atoms with E-state index in [0.29, 0.717) is 26.1 Å². The van der Waals surface area contributed by atoms with Gasteiger partial charge in [0.25, 0.3) is 0 Å². The second-order valence-corrected chi connectivity index (χ2v) is 9.59. The number of hydrogen-bond acceptors (Lipinski definition) is 5. The third-order valence-corrected chi connectivity index (χ3v) is 7.64. The number of likely N-dealkylation sites (tertiary alicyclic amines) is 1. The SMILES string of the molecule is C/C=c1\c(F)c(-c2c(F)ccc3sc(N)c(C#N)c23)c2c(\c1=C\N=C(C)N1CCCC1)COC2. The van der Waals surface area contributed by atoms with Crippen LogP contribution in [0.3, 0.4) is 0 Å². The molecule has 0 spiro atoms. The molecule has 5 nitrogen and oxygen atoms in total. The van der Waals surface area contributed by atoms with Crippen molar-refractivity contribution in [2.45, 2.75) is 39.9 Å². The lowest BCUT2D eigenvalue weighted by molar-refractivity contribution is 0.134. The molecular formula is C26H24F2N4OS. The normalized spacial score (nSPS) is 17.1. The molecule has 0 amide bonds. The molecule has 1 fully saturated rings. The fourth-order valence-electron chi connectivity index (χ4n) is 4.95. The fraction of sp³-hybridized carbons (Fsp3) is 0.308. The summed E-state index contributed by atoms with van der Waals surface area (Å²) in [6, 6.07) is 4.95. The van der Waals surface area contributed by atoms with Crippen LogP contribution in [-0.4, -0.2) is 23.8 Å². The standard InChI is InChI=1S/C26H24F2N4OS/c1-3-15-17(11-31-14(2)32-8-4-5-9-32)18-12-33-13-19(18)23(25(15)28)24-20(27)6-7-21-22(24)16(10-29)26(30)34-21/h3,6-7,11H,4-5,8-9,12-13,30H2,1-2H3/b15-3-,17-11+,31-14?. The van der Waals surface area contributed by atoms with Gasteiger partial charge in [0, 0.05) is 50.9 Å². The van der Waals surface area contributed by atoms with E-state index in [1.807, 2.05) is 6.92 Å². The van der Waals surface area contributed by atoms with Crippen LogP contribution in [0.5, 0.6) is 0 Å². The van der Waals surface area contributed by atoms with Gasteiger partial charge in [-0.05, 0) is 49.9 Å². The van der Waals surface area contributed by atoms with Crippen LogP contribution in [0.1, 0.15) is 43.4 Å². The average Bonchev–Trinajstić information content (AvgIpc) is 3.58. The Balaban J connectivity index is 1.83. The lowest BCUT2D eigenvalue weighted by Gasteiger charge is -2.16. The van der Waals surface area contributed by atoms with Crippen molar-refractivity contribution in [2.75, 3.05) is 18.8 Å². The van der Waals surface area contributed by atoms with Crippen molar-refractivity contribution in [3.05, 3.63) is 50.9 Å². The Kier molecular flexibility index (Phi) is 5.84. The number of ether oxygens (including phenoxy) is 1. The summed E-state index contributed by atoms with van der Waals surface area (Å²) in [7, 11) is 0. The average molecular weight is 479 g/mol. The van der Waals surface area contributed by atoms with E-state index in [9.17, 15) is 5.26 Å². The van der Waals surface area contributed by atoms with E-state index in [1.165, 1.54) is 17.4 Å². The number of amidine groups is 1. The summed E-state index contributed by atoms with van der Waals surface area (Å²) in [5.74, 6) is -0.261. The summed E-state index contributed by atoms with van der Waals surface area (Å²) < 4.78 is 37.9. The van der Waals surface area contributed by atoms with Crippen LogP contribution in [0.25, 0.3) is 33.5 Å². The van der Waals surface area contributed by atoms with Crippen LogP contribution in [-0.2, 0) is 18.0 Å². The molecule has 2 aliphatic heterocycles. The summed E-state index contributed by atoms with van der Waals surface area (Å²) >= 11 is 1.19. The maximum atomic E-state index is 16.2. The van der Waals surface area contributed by atoms with E-state index in [4.69, 9.17) is 10.5 Å². The molecule has 2 aromatic carbocycles. The Morgan fingerprint density at radius 1 is 1.18 bits per heavy atom. The minimum atomic E-state index is -0.600. The number of nitriles is 1. The minimum absolute atomic E-state index is 0.0626. The van der Waals surface area contributed by atoms with Crippen LogP contribution < -0.4 is 16.2 Å². The molecule has 3 aromatic rings. The van der Waals surface area contributed by atoms with Gasteiger partial charge in [0.15, 0.2) is 0 Å². The van der Waals surface area contributed by atoms with Crippen LogP contribution in [0.15, 0.2) is 17.1 Å². The van der Waals surface area contributed by atoms with Gasteiger partial charge in [0.2, 0.25) is 0 Å². The van der Waals surface area contributed by atoms with Gasteiger partial charge in [-0.15, -0.1) is 11.3 Å². The van der Waals surface area contributed by atoms with Crippen molar-refractivity contribution in [3.8, 4) is 17.2 Å². The lowest BCUT2D eigenvalue weighted by atomic mass is 9.90. The van der Waals surface area contributed by atoms with Gasteiger partial charge >= 0.3 is 0 Å². The van der Waals surface area contributed by atoms with Gasteiger partial charge in [-0.1, -0.05) is 6.08 Å². The molecule has 2 N–H and O–H groups in total. The Morgan fingerprint density at radius 3 is 2.62 bits per heavy atom. The molecule has 0 aliphatic carbocycles. The molecule has 0 radical (unpaired) electrons. The van der Waals surface area contributed by atoms with Gasteiger partial charge in [0.05, 0.1) is 18.8 Å². The number of anilines is 1.